The standard InChI is InChI=1S/C25H34N4O5S2.ClH/c1-7-8-15-28(4)36(31,32)19-11-9-18(10-12-19)24(30)29(17-16-27(2)3)25-26-22-20(33-5)13-14-21(34-6)23(22)35-25;/h9-14H,7-8,15-17H2,1-6H3;1H. The summed E-state index contributed by atoms with van der Waals surface area (Å²) in [5.74, 6) is 0.975. The highest BCUT2D eigenvalue weighted by atomic mass is 35.5. The van der Waals surface area contributed by atoms with Gasteiger partial charge in [0.05, 0.1) is 19.1 Å². The summed E-state index contributed by atoms with van der Waals surface area (Å²) in [5, 5.41) is 0.510. The van der Waals surface area contributed by atoms with Crippen molar-refractivity contribution in [3.63, 3.8) is 0 Å². The molecule has 0 fully saturated rings. The summed E-state index contributed by atoms with van der Waals surface area (Å²) >= 11 is 1.35. The third kappa shape index (κ3) is 6.91. The Morgan fingerprint density at radius 3 is 2.14 bits per heavy atom. The Kier molecular flexibility index (Phi) is 11.1. The number of unbranched alkanes of at least 4 members (excludes halogenated alkanes) is 1. The molecular weight excluding hydrogens is 536 g/mol. The van der Waals surface area contributed by atoms with Crippen LogP contribution in [0.15, 0.2) is 41.3 Å². The lowest BCUT2D eigenvalue weighted by molar-refractivity contribution is 0.0985. The minimum absolute atomic E-state index is 0. The van der Waals surface area contributed by atoms with Crippen LogP contribution >= 0.6 is 23.7 Å². The smallest absolute Gasteiger partial charge is 0.260 e. The van der Waals surface area contributed by atoms with Crippen molar-refractivity contribution in [3.05, 3.63) is 42.0 Å². The lowest BCUT2D eigenvalue weighted by Gasteiger charge is -2.22. The molecule has 0 radical (unpaired) electrons. The molecule has 1 amide bonds. The minimum Gasteiger partial charge on any atom is -0.495 e. The quantitative estimate of drug-likeness (QED) is 0.319. The first-order valence-corrected chi connectivity index (χ1v) is 13.9. The molecule has 0 spiro atoms. The van der Waals surface area contributed by atoms with Crippen molar-refractivity contribution in [1.82, 2.24) is 14.2 Å². The van der Waals surface area contributed by atoms with Crippen LogP contribution in [0, 0.1) is 0 Å². The Labute approximate surface area is 229 Å². The summed E-state index contributed by atoms with van der Waals surface area (Å²) in [6.45, 7) is 3.48. The average Bonchev–Trinajstić information content (AvgIpc) is 3.31. The van der Waals surface area contributed by atoms with E-state index in [4.69, 9.17) is 14.5 Å². The number of thiazole rings is 1. The second-order valence-corrected chi connectivity index (χ2v) is 11.6. The number of methoxy groups -OCH3 is 2. The van der Waals surface area contributed by atoms with E-state index in [9.17, 15) is 13.2 Å². The lowest BCUT2D eigenvalue weighted by atomic mass is 10.2. The highest BCUT2D eigenvalue weighted by Gasteiger charge is 2.25. The van der Waals surface area contributed by atoms with Gasteiger partial charge in [-0.1, -0.05) is 24.7 Å². The van der Waals surface area contributed by atoms with Gasteiger partial charge in [-0.2, -0.15) is 0 Å². The summed E-state index contributed by atoms with van der Waals surface area (Å²) < 4.78 is 38.8. The molecule has 3 rings (SSSR count). The number of hydrogen-bond donors (Lipinski definition) is 0. The Balaban J connectivity index is 0.00000481. The number of rotatable bonds is 12. The Morgan fingerprint density at radius 1 is 0.946 bits per heavy atom. The minimum atomic E-state index is -3.62. The average molecular weight is 571 g/mol. The number of hydrogen-bond acceptors (Lipinski definition) is 8. The van der Waals surface area contributed by atoms with Gasteiger partial charge in [-0.05, 0) is 56.9 Å². The van der Waals surface area contributed by atoms with Crippen LogP contribution in [-0.2, 0) is 10.0 Å². The van der Waals surface area contributed by atoms with E-state index in [1.54, 1.807) is 44.4 Å². The molecule has 0 aliphatic carbocycles. The fraction of sp³-hybridized carbons (Fsp3) is 0.440. The van der Waals surface area contributed by atoms with Gasteiger partial charge in [0.2, 0.25) is 10.0 Å². The van der Waals surface area contributed by atoms with Crippen molar-refractivity contribution in [1.29, 1.82) is 0 Å². The van der Waals surface area contributed by atoms with Crippen LogP contribution in [0.3, 0.4) is 0 Å². The van der Waals surface area contributed by atoms with Gasteiger partial charge in [0, 0.05) is 32.2 Å². The molecule has 3 aromatic rings. The second kappa shape index (κ2) is 13.4. The molecule has 0 saturated carbocycles. The molecule has 0 aliphatic heterocycles. The van der Waals surface area contributed by atoms with E-state index in [0.29, 0.717) is 47.3 Å². The summed E-state index contributed by atoms with van der Waals surface area (Å²) in [6, 6.07) is 9.68. The SMILES string of the molecule is CCCCN(C)S(=O)(=O)c1ccc(C(=O)N(CCN(C)C)c2nc3c(OC)ccc(OC)c3s2)cc1.Cl. The van der Waals surface area contributed by atoms with Gasteiger partial charge in [0.25, 0.3) is 5.91 Å². The molecule has 12 heteroatoms. The summed E-state index contributed by atoms with van der Waals surface area (Å²) in [7, 11) is 4.98. The number of anilines is 1. The van der Waals surface area contributed by atoms with Gasteiger partial charge in [-0.25, -0.2) is 17.7 Å². The third-order valence-corrected chi connectivity index (χ3v) is 8.75. The Bertz CT molecular complexity index is 1260. The number of benzene rings is 2. The number of carbonyl (C=O) groups is 1. The van der Waals surface area contributed by atoms with E-state index in [1.165, 1.54) is 27.8 Å². The molecule has 1 heterocycles. The molecule has 204 valence electrons. The van der Waals surface area contributed by atoms with Crippen LogP contribution < -0.4 is 14.4 Å². The van der Waals surface area contributed by atoms with Crippen LogP contribution in [0.4, 0.5) is 5.13 Å². The van der Waals surface area contributed by atoms with Crippen molar-refractivity contribution >= 4 is 55.0 Å². The highest BCUT2D eigenvalue weighted by Crippen LogP contribution is 2.40. The lowest BCUT2D eigenvalue weighted by Crippen LogP contribution is -2.36. The predicted molar refractivity (Wildman–Crippen MR) is 151 cm³/mol. The van der Waals surface area contributed by atoms with E-state index < -0.39 is 10.0 Å². The number of aromatic nitrogens is 1. The first-order chi connectivity index (χ1) is 17.1. The number of ether oxygens (including phenoxy) is 2. The summed E-state index contributed by atoms with van der Waals surface area (Å²) in [4.78, 5) is 22.1. The van der Waals surface area contributed by atoms with Crippen LogP contribution in [0.5, 0.6) is 11.5 Å². The number of carbonyl (C=O) groups excluding carboxylic acids is 1. The normalized spacial score (nSPS) is 11.6. The summed E-state index contributed by atoms with van der Waals surface area (Å²) in [5.41, 5.74) is 0.998. The Morgan fingerprint density at radius 2 is 1.57 bits per heavy atom. The molecule has 0 aliphatic rings. The molecule has 0 N–H and O–H groups in total. The van der Waals surface area contributed by atoms with Gasteiger partial charge in [0.1, 0.15) is 21.7 Å². The van der Waals surface area contributed by atoms with E-state index in [-0.39, 0.29) is 23.2 Å². The first-order valence-electron chi connectivity index (χ1n) is 11.7. The molecular formula is C25H35ClN4O5S2. The summed E-state index contributed by atoms with van der Waals surface area (Å²) in [6.07, 6.45) is 1.68. The third-order valence-electron chi connectivity index (χ3n) is 5.78. The van der Waals surface area contributed by atoms with Crippen molar-refractivity contribution < 1.29 is 22.7 Å². The molecule has 9 nitrogen and oxygen atoms in total. The van der Waals surface area contributed by atoms with Crippen LogP contribution in [0.1, 0.15) is 30.1 Å². The molecule has 0 bridgehead atoms. The number of fused-ring (bicyclic) bond motifs is 1. The zero-order valence-electron chi connectivity index (χ0n) is 22.1. The zero-order valence-corrected chi connectivity index (χ0v) is 24.5. The fourth-order valence-corrected chi connectivity index (χ4v) is 5.89. The van der Waals surface area contributed by atoms with E-state index in [2.05, 4.69) is 0 Å². The topological polar surface area (TPSA) is 92.3 Å². The first kappa shape index (κ1) is 30.8. The number of amides is 1. The maximum Gasteiger partial charge on any atom is 0.260 e. The van der Waals surface area contributed by atoms with Crippen LogP contribution in [-0.4, -0.2) is 83.5 Å². The van der Waals surface area contributed by atoms with Crippen LogP contribution in [0.25, 0.3) is 10.2 Å². The van der Waals surface area contributed by atoms with Crippen LogP contribution in [0.2, 0.25) is 0 Å². The predicted octanol–water partition coefficient (Wildman–Crippen LogP) is 4.36. The molecule has 0 saturated heterocycles. The fourth-order valence-electron chi connectivity index (χ4n) is 3.58. The van der Waals surface area contributed by atoms with E-state index in [0.717, 1.165) is 17.5 Å². The van der Waals surface area contributed by atoms with Crippen molar-refractivity contribution in [3.8, 4) is 11.5 Å². The molecule has 0 unspecified atom stereocenters. The zero-order chi connectivity index (χ0) is 26.5. The number of nitrogens with zero attached hydrogens (tertiary/aromatic N) is 4. The van der Waals surface area contributed by atoms with E-state index in [1.807, 2.05) is 32.0 Å². The number of halogens is 1. The van der Waals surface area contributed by atoms with Crippen molar-refractivity contribution in [2.24, 2.45) is 0 Å². The number of likely N-dealkylation sites (N-methyl/N-ethyl adjacent to an activating group) is 1. The molecule has 2 aromatic carbocycles. The highest BCUT2D eigenvalue weighted by molar-refractivity contribution is 7.89. The molecule has 1 aromatic heterocycles. The van der Waals surface area contributed by atoms with Crippen molar-refractivity contribution in [2.45, 2.75) is 24.7 Å². The maximum absolute atomic E-state index is 13.6. The van der Waals surface area contributed by atoms with Gasteiger partial charge >= 0.3 is 0 Å². The van der Waals surface area contributed by atoms with Gasteiger partial charge in [-0.3, -0.25) is 9.69 Å². The van der Waals surface area contributed by atoms with E-state index >= 15 is 0 Å². The van der Waals surface area contributed by atoms with Gasteiger partial charge in [-0.15, -0.1) is 12.4 Å². The number of sulfonamides is 1. The van der Waals surface area contributed by atoms with Gasteiger partial charge < -0.3 is 14.4 Å². The molecule has 37 heavy (non-hydrogen) atoms. The largest absolute Gasteiger partial charge is 0.495 e. The maximum atomic E-state index is 13.6. The van der Waals surface area contributed by atoms with Gasteiger partial charge in [0.15, 0.2) is 5.13 Å². The molecule has 0 atom stereocenters. The second-order valence-electron chi connectivity index (χ2n) is 8.61. The monoisotopic (exact) mass is 570 g/mol. The Hall–Kier alpha value is -2.44. The van der Waals surface area contributed by atoms with Crippen molar-refractivity contribution in [2.75, 3.05) is 59.9 Å².